The molecule has 0 radical (unpaired) electrons. The standard InChI is InChI=1S/C23H22FN3O3/c1-3-25-23(29)16(2)30-21(28)14-11-18-15-27(20-7-5-4-6-8-20)26-22(18)17-9-12-19(24)13-10-17/h4-16H,3H2,1-2H3,(H,25,29)/b14-11+/t16-/m1/s1. The molecule has 1 amide bonds. The maximum absolute atomic E-state index is 13.3. The highest BCUT2D eigenvalue weighted by Gasteiger charge is 2.16. The number of rotatable bonds is 7. The van der Waals surface area contributed by atoms with Crippen LogP contribution in [0.4, 0.5) is 4.39 Å². The Hall–Kier alpha value is -3.74. The Balaban J connectivity index is 1.88. The third-order valence-corrected chi connectivity index (χ3v) is 4.29. The van der Waals surface area contributed by atoms with Crippen LogP contribution in [0.3, 0.4) is 0 Å². The van der Waals surface area contributed by atoms with E-state index in [9.17, 15) is 14.0 Å². The highest BCUT2D eigenvalue weighted by molar-refractivity contribution is 5.91. The van der Waals surface area contributed by atoms with Crippen molar-refractivity contribution in [3.05, 3.63) is 78.3 Å². The lowest BCUT2D eigenvalue weighted by Crippen LogP contribution is -2.35. The molecule has 0 saturated carbocycles. The average molecular weight is 407 g/mol. The van der Waals surface area contributed by atoms with E-state index in [0.717, 1.165) is 5.69 Å². The summed E-state index contributed by atoms with van der Waals surface area (Å²) in [5, 5.41) is 7.20. The Bertz CT molecular complexity index is 1040. The van der Waals surface area contributed by atoms with E-state index in [2.05, 4.69) is 10.4 Å². The van der Waals surface area contributed by atoms with Gasteiger partial charge in [-0.25, -0.2) is 13.9 Å². The molecule has 0 aliphatic heterocycles. The van der Waals surface area contributed by atoms with Gasteiger partial charge in [0.15, 0.2) is 6.10 Å². The number of para-hydroxylation sites is 1. The van der Waals surface area contributed by atoms with Crippen LogP contribution in [0.15, 0.2) is 66.9 Å². The quantitative estimate of drug-likeness (QED) is 0.478. The summed E-state index contributed by atoms with van der Waals surface area (Å²) in [4.78, 5) is 23.9. The van der Waals surface area contributed by atoms with Crippen LogP contribution in [-0.2, 0) is 14.3 Å². The molecule has 0 aliphatic carbocycles. The molecule has 30 heavy (non-hydrogen) atoms. The minimum Gasteiger partial charge on any atom is -0.449 e. The van der Waals surface area contributed by atoms with Crippen molar-refractivity contribution < 1.29 is 18.7 Å². The van der Waals surface area contributed by atoms with Crippen LogP contribution in [-0.4, -0.2) is 34.3 Å². The van der Waals surface area contributed by atoms with Crippen molar-refractivity contribution in [2.45, 2.75) is 20.0 Å². The summed E-state index contributed by atoms with van der Waals surface area (Å²) in [5.74, 6) is -1.35. The minimum absolute atomic E-state index is 0.346. The Morgan fingerprint density at radius 1 is 1.17 bits per heavy atom. The van der Waals surface area contributed by atoms with Crippen molar-refractivity contribution in [1.82, 2.24) is 15.1 Å². The van der Waals surface area contributed by atoms with Crippen molar-refractivity contribution in [1.29, 1.82) is 0 Å². The molecule has 1 heterocycles. The number of hydrogen-bond donors (Lipinski definition) is 1. The topological polar surface area (TPSA) is 73.2 Å². The fourth-order valence-electron chi connectivity index (χ4n) is 2.80. The monoisotopic (exact) mass is 407 g/mol. The molecule has 0 bridgehead atoms. The first kappa shape index (κ1) is 21.0. The molecule has 154 valence electrons. The number of nitrogens with zero attached hydrogens (tertiary/aromatic N) is 2. The molecule has 0 saturated heterocycles. The molecular weight excluding hydrogens is 385 g/mol. The van der Waals surface area contributed by atoms with Gasteiger partial charge in [-0.15, -0.1) is 0 Å². The van der Waals surface area contributed by atoms with Gasteiger partial charge in [0.25, 0.3) is 5.91 Å². The summed E-state index contributed by atoms with van der Waals surface area (Å²) >= 11 is 0. The number of aromatic nitrogens is 2. The summed E-state index contributed by atoms with van der Waals surface area (Å²) in [5.41, 5.74) is 2.77. The molecule has 3 aromatic rings. The first-order valence-electron chi connectivity index (χ1n) is 9.55. The highest BCUT2D eigenvalue weighted by atomic mass is 19.1. The van der Waals surface area contributed by atoms with Gasteiger partial charge in [0.2, 0.25) is 0 Å². The number of carbonyl (C=O) groups is 2. The van der Waals surface area contributed by atoms with Crippen LogP contribution in [0.5, 0.6) is 0 Å². The molecule has 0 aliphatic rings. The van der Waals surface area contributed by atoms with Crippen molar-refractivity contribution in [2.24, 2.45) is 0 Å². The zero-order chi connectivity index (χ0) is 21.5. The van der Waals surface area contributed by atoms with E-state index >= 15 is 0 Å². The third kappa shape index (κ3) is 5.20. The molecule has 0 fully saturated rings. The molecule has 1 atom stereocenters. The summed E-state index contributed by atoms with van der Waals surface area (Å²) in [6, 6.07) is 15.4. The molecule has 3 rings (SSSR count). The van der Waals surface area contributed by atoms with Gasteiger partial charge in [-0.2, -0.15) is 5.10 Å². The van der Waals surface area contributed by atoms with E-state index in [1.54, 1.807) is 36.0 Å². The molecule has 7 heteroatoms. The van der Waals surface area contributed by atoms with Crippen LogP contribution in [0.1, 0.15) is 19.4 Å². The molecule has 1 N–H and O–H groups in total. The smallest absolute Gasteiger partial charge is 0.331 e. The van der Waals surface area contributed by atoms with Gasteiger partial charge in [0, 0.05) is 29.9 Å². The predicted molar refractivity (Wildman–Crippen MR) is 112 cm³/mol. The lowest BCUT2D eigenvalue weighted by Gasteiger charge is -2.10. The van der Waals surface area contributed by atoms with E-state index in [1.807, 2.05) is 30.3 Å². The number of esters is 1. The van der Waals surface area contributed by atoms with Gasteiger partial charge in [0.1, 0.15) is 5.82 Å². The Morgan fingerprint density at radius 3 is 2.53 bits per heavy atom. The fraction of sp³-hybridized carbons (Fsp3) is 0.174. The van der Waals surface area contributed by atoms with Crippen LogP contribution in [0, 0.1) is 5.82 Å². The van der Waals surface area contributed by atoms with Crippen molar-refractivity contribution in [3.8, 4) is 16.9 Å². The lowest BCUT2D eigenvalue weighted by molar-refractivity contribution is -0.150. The summed E-state index contributed by atoms with van der Waals surface area (Å²) in [6.07, 6.45) is 3.68. The normalized spacial score (nSPS) is 12.0. The van der Waals surface area contributed by atoms with E-state index < -0.39 is 12.1 Å². The minimum atomic E-state index is -0.897. The largest absolute Gasteiger partial charge is 0.449 e. The number of carbonyl (C=O) groups excluding carboxylic acids is 2. The Kier molecular flexibility index (Phi) is 6.75. The fourth-order valence-corrected chi connectivity index (χ4v) is 2.80. The van der Waals surface area contributed by atoms with E-state index in [-0.39, 0.29) is 11.7 Å². The molecule has 0 unspecified atom stereocenters. The van der Waals surface area contributed by atoms with Crippen molar-refractivity contribution in [2.75, 3.05) is 6.54 Å². The van der Waals surface area contributed by atoms with Gasteiger partial charge in [-0.05, 0) is 56.3 Å². The van der Waals surface area contributed by atoms with Crippen LogP contribution >= 0.6 is 0 Å². The number of likely N-dealkylation sites (N-methyl/N-ethyl adjacent to an activating group) is 1. The average Bonchev–Trinajstić information content (AvgIpc) is 3.18. The molecule has 0 spiro atoms. The van der Waals surface area contributed by atoms with Crippen LogP contribution in [0.25, 0.3) is 23.0 Å². The third-order valence-electron chi connectivity index (χ3n) is 4.29. The zero-order valence-electron chi connectivity index (χ0n) is 16.7. The SMILES string of the molecule is CCNC(=O)[C@@H](C)OC(=O)/C=C/c1cn(-c2ccccc2)nc1-c1ccc(F)cc1. The maximum Gasteiger partial charge on any atom is 0.331 e. The van der Waals surface area contributed by atoms with E-state index in [1.165, 1.54) is 25.1 Å². The second-order valence-electron chi connectivity index (χ2n) is 6.53. The van der Waals surface area contributed by atoms with Crippen molar-refractivity contribution in [3.63, 3.8) is 0 Å². The summed E-state index contributed by atoms with van der Waals surface area (Å²) in [7, 11) is 0. The van der Waals surface area contributed by atoms with Gasteiger partial charge < -0.3 is 10.1 Å². The summed E-state index contributed by atoms with van der Waals surface area (Å²) < 4.78 is 20.1. The number of ether oxygens (including phenoxy) is 1. The Morgan fingerprint density at radius 2 is 1.87 bits per heavy atom. The molecular formula is C23H22FN3O3. The molecule has 6 nitrogen and oxygen atoms in total. The van der Waals surface area contributed by atoms with Crippen molar-refractivity contribution >= 4 is 18.0 Å². The van der Waals surface area contributed by atoms with Gasteiger partial charge in [0.05, 0.1) is 11.4 Å². The lowest BCUT2D eigenvalue weighted by atomic mass is 10.1. The molecule has 1 aromatic heterocycles. The van der Waals surface area contributed by atoms with Gasteiger partial charge in [-0.1, -0.05) is 18.2 Å². The van der Waals surface area contributed by atoms with Crippen LogP contribution < -0.4 is 5.32 Å². The van der Waals surface area contributed by atoms with Crippen LogP contribution in [0.2, 0.25) is 0 Å². The Labute approximate surface area is 174 Å². The van der Waals surface area contributed by atoms with Gasteiger partial charge >= 0.3 is 5.97 Å². The predicted octanol–water partition coefficient (Wildman–Crippen LogP) is 3.76. The maximum atomic E-state index is 13.3. The first-order chi connectivity index (χ1) is 14.5. The number of nitrogens with one attached hydrogen (secondary N) is 1. The number of benzene rings is 2. The second-order valence-corrected chi connectivity index (χ2v) is 6.53. The second kappa shape index (κ2) is 9.65. The number of hydrogen-bond acceptors (Lipinski definition) is 4. The highest BCUT2D eigenvalue weighted by Crippen LogP contribution is 2.25. The number of amides is 1. The molecule has 2 aromatic carbocycles. The van der Waals surface area contributed by atoms with E-state index in [4.69, 9.17) is 4.74 Å². The summed E-state index contributed by atoms with van der Waals surface area (Å²) in [6.45, 7) is 3.75. The van der Waals surface area contributed by atoms with E-state index in [0.29, 0.717) is 23.4 Å². The first-order valence-corrected chi connectivity index (χ1v) is 9.55. The zero-order valence-corrected chi connectivity index (χ0v) is 16.7. The van der Waals surface area contributed by atoms with Gasteiger partial charge in [-0.3, -0.25) is 4.79 Å². The number of halogens is 1.